The summed E-state index contributed by atoms with van der Waals surface area (Å²) in [4.78, 5) is 35.2. The molecule has 1 aromatic carbocycles. The quantitative estimate of drug-likeness (QED) is 0.782. The smallest absolute Gasteiger partial charge is 0.319 e. The van der Waals surface area contributed by atoms with Gasteiger partial charge in [-0.25, -0.2) is 4.79 Å². The van der Waals surface area contributed by atoms with Crippen molar-refractivity contribution in [2.45, 2.75) is 25.4 Å². The zero-order valence-corrected chi connectivity index (χ0v) is 13.0. The van der Waals surface area contributed by atoms with Crippen molar-refractivity contribution in [3.05, 3.63) is 59.0 Å². The Hall–Kier alpha value is -3.09. The van der Waals surface area contributed by atoms with Crippen molar-refractivity contribution in [3.63, 3.8) is 0 Å². The number of rotatable bonds is 5. The normalized spacial score (nSPS) is 13.2. The fraction of sp³-hybridized carbons (Fsp3) is 0.235. The van der Waals surface area contributed by atoms with Crippen LogP contribution in [0.2, 0.25) is 0 Å². The zero-order valence-electron chi connectivity index (χ0n) is 13.0. The van der Waals surface area contributed by atoms with Gasteiger partial charge in [0.25, 0.3) is 5.56 Å². The standard InChI is InChI=1S/C17H18N4O3/c22-15(11-21-10-2-1-3-16(21)23)18-12-4-6-13(7-5-12)19-17(24)20-14-8-9-14/h1-7,10,14H,8-9,11H2,(H,18,22)(H2,19,20,24). The van der Waals surface area contributed by atoms with Crippen molar-refractivity contribution < 1.29 is 9.59 Å². The number of nitrogens with zero attached hydrogens (tertiary/aromatic N) is 1. The van der Waals surface area contributed by atoms with Crippen molar-refractivity contribution >= 4 is 23.3 Å². The molecule has 3 rings (SSSR count). The summed E-state index contributed by atoms with van der Waals surface area (Å²) in [5.74, 6) is -0.296. The largest absolute Gasteiger partial charge is 0.335 e. The highest BCUT2D eigenvalue weighted by atomic mass is 16.2. The molecular weight excluding hydrogens is 308 g/mol. The molecule has 0 atom stereocenters. The highest BCUT2D eigenvalue weighted by Crippen LogP contribution is 2.19. The number of pyridine rings is 1. The van der Waals surface area contributed by atoms with E-state index < -0.39 is 0 Å². The first-order chi connectivity index (χ1) is 11.6. The summed E-state index contributed by atoms with van der Waals surface area (Å²) in [6.07, 6.45) is 3.62. The van der Waals surface area contributed by atoms with E-state index in [1.54, 1.807) is 42.6 Å². The van der Waals surface area contributed by atoms with Gasteiger partial charge in [0.15, 0.2) is 0 Å². The van der Waals surface area contributed by atoms with Crippen LogP contribution in [0.1, 0.15) is 12.8 Å². The van der Waals surface area contributed by atoms with E-state index in [1.165, 1.54) is 10.6 Å². The van der Waals surface area contributed by atoms with Crippen LogP contribution in [0.3, 0.4) is 0 Å². The third-order valence-electron chi connectivity index (χ3n) is 3.55. The van der Waals surface area contributed by atoms with Gasteiger partial charge in [0, 0.05) is 29.7 Å². The van der Waals surface area contributed by atoms with Crippen LogP contribution in [-0.2, 0) is 11.3 Å². The fourth-order valence-electron chi connectivity index (χ4n) is 2.16. The Kier molecular flexibility index (Phi) is 4.60. The van der Waals surface area contributed by atoms with Crippen molar-refractivity contribution in [2.75, 3.05) is 10.6 Å². The lowest BCUT2D eigenvalue weighted by Crippen LogP contribution is -2.30. The van der Waals surface area contributed by atoms with Crippen LogP contribution in [0.25, 0.3) is 0 Å². The van der Waals surface area contributed by atoms with E-state index in [2.05, 4.69) is 16.0 Å². The topological polar surface area (TPSA) is 92.2 Å². The number of anilines is 2. The highest BCUT2D eigenvalue weighted by molar-refractivity contribution is 5.92. The molecule has 1 fully saturated rings. The summed E-state index contributed by atoms with van der Waals surface area (Å²) in [5.41, 5.74) is 1.01. The van der Waals surface area contributed by atoms with Crippen LogP contribution in [0.5, 0.6) is 0 Å². The molecule has 0 spiro atoms. The number of amides is 3. The van der Waals surface area contributed by atoms with E-state index in [1.807, 2.05) is 0 Å². The van der Waals surface area contributed by atoms with Crippen molar-refractivity contribution in [2.24, 2.45) is 0 Å². The van der Waals surface area contributed by atoms with E-state index in [0.717, 1.165) is 12.8 Å². The zero-order chi connectivity index (χ0) is 16.9. The molecular formula is C17H18N4O3. The molecule has 0 saturated heterocycles. The third-order valence-corrected chi connectivity index (χ3v) is 3.55. The first-order valence-electron chi connectivity index (χ1n) is 7.73. The summed E-state index contributed by atoms with van der Waals surface area (Å²) in [7, 11) is 0. The lowest BCUT2D eigenvalue weighted by atomic mass is 10.2. The molecule has 1 saturated carbocycles. The highest BCUT2D eigenvalue weighted by Gasteiger charge is 2.23. The van der Waals surface area contributed by atoms with Crippen molar-refractivity contribution in [1.82, 2.24) is 9.88 Å². The van der Waals surface area contributed by atoms with E-state index in [4.69, 9.17) is 0 Å². The molecule has 7 nitrogen and oxygen atoms in total. The summed E-state index contributed by atoms with van der Waals surface area (Å²) in [6, 6.07) is 11.6. The Bertz CT molecular complexity index is 794. The number of hydrogen-bond acceptors (Lipinski definition) is 3. The maximum Gasteiger partial charge on any atom is 0.319 e. The van der Waals surface area contributed by atoms with E-state index in [0.29, 0.717) is 17.4 Å². The minimum atomic E-state index is -0.296. The van der Waals surface area contributed by atoms with E-state index in [9.17, 15) is 14.4 Å². The van der Waals surface area contributed by atoms with E-state index >= 15 is 0 Å². The van der Waals surface area contributed by atoms with Crippen LogP contribution < -0.4 is 21.5 Å². The summed E-state index contributed by atoms with van der Waals surface area (Å²) in [5, 5.41) is 8.28. The van der Waals surface area contributed by atoms with Gasteiger partial charge in [0.05, 0.1) is 0 Å². The minimum absolute atomic E-state index is 0.0521. The van der Waals surface area contributed by atoms with Gasteiger partial charge in [-0.1, -0.05) is 6.07 Å². The predicted molar refractivity (Wildman–Crippen MR) is 91.0 cm³/mol. The van der Waals surface area contributed by atoms with Crippen LogP contribution in [0, 0.1) is 0 Å². The molecule has 24 heavy (non-hydrogen) atoms. The van der Waals surface area contributed by atoms with Crippen LogP contribution >= 0.6 is 0 Å². The molecule has 3 amide bonds. The molecule has 0 radical (unpaired) electrons. The second-order valence-corrected chi connectivity index (χ2v) is 5.67. The van der Waals surface area contributed by atoms with Gasteiger partial charge in [-0.05, 0) is 43.2 Å². The molecule has 2 aromatic rings. The van der Waals surface area contributed by atoms with Crippen molar-refractivity contribution in [3.8, 4) is 0 Å². The van der Waals surface area contributed by atoms with Crippen LogP contribution in [0.4, 0.5) is 16.2 Å². The van der Waals surface area contributed by atoms with E-state index in [-0.39, 0.29) is 24.0 Å². The summed E-state index contributed by atoms with van der Waals surface area (Å²) < 4.78 is 1.33. The summed E-state index contributed by atoms with van der Waals surface area (Å²) in [6.45, 7) is -0.0521. The fourth-order valence-corrected chi connectivity index (χ4v) is 2.16. The molecule has 1 heterocycles. The number of nitrogens with one attached hydrogen (secondary N) is 3. The number of benzene rings is 1. The number of carbonyl (C=O) groups is 2. The maximum absolute atomic E-state index is 12.0. The first kappa shape index (κ1) is 15.8. The Morgan fingerprint density at radius 3 is 2.29 bits per heavy atom. The van der Waals surface area contributed by atoms with Gasteiger partial charge in [-0.15, -0.1) is 0 Å². The number of aromatic nitrogens is 1. The molecule has 3 N–H and O–H groups in total. The number of carbonyl (C=O) groups excluding carboxylic acids is 2. The molecule has 0 aliphatic heterocycles. The van der Waals surface area contributed by atoms with Gasteiger partial charge in [-0.3, -0.25) is 9.59 Å². The Morgan fingerprint density at radius 2 is 1.67 bits per heavy atom. The number of urea groups is 1. The lowest BCUT2D eigenvalue weighted by molar-refractivity contribution is -0.116. The second-order valence-electron chi connectivity index (χ2n) is 5.67. The Balaban J connectivity index is 1.53. The van der Waals surface area contributed by atoms with Gasteiger partial charge >= 0.3 is 6.03 Å². The lowest BCUT2D eigenvalue weighted by Gasteiger charge is -2.09. The van der Waals surface area contributed by atoms with Gasteiger partial charge in [0.2, 0.25) is 5.91 Å². The average Bonchev–Trinajstić information content (AvgIpc) is 3.35. The molecule has 1 aliphatic rings. The maximum atomic E-state index is 12.0. The van der Waals surface area contributed by atoms with Gasteiger partial charge in [0.1, 0.15) is 6.54 Å². The number of hydrogen-bond donors (Lipinski definition) is 3. The molecule has 1 aromatic heterocycles. The average molecular weight is 326 g/mol. The first-order valence-corrected chi connectivity index (χ1v) is 7.73. The molecule has 7 heteroatoms. The van der Waals surface area contributed by atoms with Crippen molar-refractivity contribution in [1.29, 1.82) is 0 Å². The second kappa shape index (κ2) is 6.99. The molecule has 0 bridgehead atoms. The van der Waals surface area contributed by atoms with Crippen LogP contribution in [0.15, 0.2) is 53.5 Å². The molecule has 124 valence electrons. The SMILES string of the molecule is O=C(Cn1ccccc1=O)Nc1ccc(NC(=O)NC2CC2)cc1. The van der Waals surface area contributed by atoms with Gasteiger partial charge < -0.3 is 20.5 Å². The Labute approximate surface area is 138 Å². The Morgan fingerprint density at radius 1 is 1.00 bits per heavy atom. The third kappa shape index (κ3) is 4.45. The minimum Gasteiger partial charge on any atom is -0.335 e. The summed E-state index contributed by atoms with van der Waals surface area (Å²) >= 11 is 0. The molecule has 1 aliphatic carbocycles. The van der Waals surface area contributed by atoms with Crippen LogP contribution in [-0.4, -0.2) is 22.5 Å². The monoisotopic (exact) mass is 326 g/mol. The van der Waals surface area contributed by atoms with Gasteiger partial charge in [-0.2, -0.15) is 0 Å². The molecule has 0 unspecified atom stereocenters. The predicted octanol–water partition coefficient (Wildman–Crippen LogP) is 1.77.